The fourth-order valence-corrected chi connectivity index (χ4v) is 2.94. The lowest BCUT2D eigenvalue weighted by Crippen LogP contribution is -2.13. The van der Waals surface area contributed by atoms with Crippen LogP contribution in [0.3, 0.4) is 0 Å². The third-order valence-electron chi connectivity index (χ3n) is 3.61. The molecule has 0 aliphatic carbocycles. The molecule has 3 rings (SSSR count). The van der Waals surface area contributed by atoms with Gasteiger partial charge in [-0.3, -0.25) is 9.48 Å². The second kappa shape index (κ2) is 7.48. The number of anilines is 1. The van der Waals surface area contributed by atoms with Crippen molar-refractivity contribution in [3.8, 4) is 0 Å². The molecule has 7 heteroatoms. The molecular formula is C18H14Cl3N3O. The monoisotopic (exact) mass is 393 g/mol. The van der Waals surface area contributed by atoms with Crippen LogP contribution < -0.4 is 5.32 Å². The summed E-state index contributed by atoms with van der Waals surface area (Å²) in [6.45, 7) is 2.37. The molecule has 1 aromatic heterocycles. The first-order valence-electron chi connectivity index (χ1n) is 7.47. The molecule has 0 aliphatic heterocycles. The van der Waals surface area contributed by atoms with Crippen molar-refractivity contribution >= 4 is 46.5 Å². The van der Waals surface area contributed by atoms with Gasteiger partial charge in [-0.2, -0.15) is 5.10 Å². The molecule has 128 valence electrons. The van der Waals surface area contributed by atoms with Gasteiger partial charge in [0.05, 0.1) is 6.54 Å². The number of carbonyl (C=O) groups is 1. The zero-order valence-electron chi connectivity index (χ0n) is 13.3. The maximum atomic E-state index is 12.3. The molecule has 25 heavy (non-hydrogen) atoms. The van der Waals surface area contributed by atoms with Crippen molar-refractivity contribution in [2.24, 2.45) is 0 Å². The smallest absolute Gasteiger partial charge is 0.256 e. The van der Waals surface area contributed by atoms with Crippen molar-refractivity contribution < 1.29 is 4.79 Å². The van der Waals surface area contributed by atoms with Crippen LogP contribution in [0.5, 0.6) is 0 Å². The van der Waals surface area contributed by atoms with Crippen molar-refractivity contribution in [3.63, 3.8) is 0 Å². The van der Waals surface area contributed by atoms with Gasteiger partial charge in [-0.1, -0.05) is 58.6 Å². The minimum absolute atomic E-state index is 0.267. The Kier molecular flexibility index (Phi) is 5.33. The molecule has 1 amide bonds. The van der Waals surface area contributed by atoms with Crippen LogP contribution in [-0.4, -0.2) is 15.7 Å². The highest BCUT2D eigenvalue weighted by molar-refractivity contribution is 6.35. The van der Waals surface area contributed by atoms with Crippen LogP contribution in [0.25, 0.3) is 0 Å². The summed E-state index contributed by atoms with van der Waals surface area (Å²) in [6.07, 6.45) is 1.64. The summed E-state index contributed by atoms with van der Waals surface area (Å²) in [7, 11) is 0. The fourth-order valence-electron chi connectivity index (χ4n) is 2.27. The Morgan fingerprint density at radius 1 is 1.08 bits per heavy atom. The zero-order valence-corrected chi connectivity index (χ0v) is 15.5. The summed E-state index contributed by atoms with van der Waals surface area (Å²) in [5.41, 5.74) is 2.47. The number of hydrogen-bond donors (Lipinski definition) is 1. The summed E-state index contributed by atoms with van der Waals surface area (Å²) in [6, 6.07) is 12.5. The van der Waals surface area contributed by atoms with Crippen LogP contribution in [-0.2, 0) is 6.54 Å². The second-order valence-corrected chi connectivity index (χ2v) is 6.83. The molecule has 0 radical (unpaired) electrons. The van der Waals surface area contributed by atoms with E-state index in [1.807, 2.05) is 25.1 Å². The number of nitrogens with one attached hydrogen (secondary N) is 1. The number of benzene rings is 2. The molecule has 0 aliphatic rings. The Balaban J connectivity index is 1.76. The van der Waals surface area contributed by atoms with Gasteiger partial charge in [0.25, 0.3) is 5.91 Å². The van der Waals surface area contributed by atoms with Crippen molar-refractivity contribution in [3.05, 3.63) is 80.4 Å². The van der Waals surface area contributed by atoms with Gasteiger partial charge in [0.1, 0.15) is 5.02 Å². The lowest BCUT2D eigenvalue weighted by Gasteiger charge is -2.05. The van der Waals surface area contributed by atoms with Crippen molar-refractivity contribution in [2.75, 3.05) is 5.32 Å². The lowest BCUT2D eigenvalue weighted by molar-refractivity contribution is 0.102. The fraction of sp³-hybridized carbons (Fsp3) is 0.111. The van der Waals surface area contributed by atoms with Gasteiger partial charge in [-0.15, -0.1) is 0 Å². The summed E-state index contributed by atoms with van der Waals surface area (Å²) >= 11 is 18.3. The van der Waals surface area contributed by atoms with Gasteiger partial charge in [0, 0.05) is 21.8 Å². The highest BCUT2D eigenvalue weighted by Crippen LogP contribution is 2.24. The second-order valence-electron chi connectivity index (χ2n) is 5.58. The molecular weight excluding hydrogens is 381 g/mol. The Labute approximate surface area is 160 Å². The van der Waals surface area contributed by atoms with Crippen LogP contribution >= 0.6 is 34.8 Å². The third kappa shape index (κ3) is 4.34. The van der Waals surface area contributed by atoms with E-state index in [1.165, 1.54) is 0 Å². The van der Waals surface area contributed by atoms with E-state index in [0.717, 1.165) is 11.1 Å². The van der Waals surface area contributed by atoms with E-state index in [9.17, 15) is 4.79 Å². The number of nitrogens with zero attached hydrogens (tertiary/aromatic N) is 2. The zero-order chi connectivity index (χ0) is 18.0. The van der Waals surface area contributed by atoms with Crippen molar-refractivity contribution in [1.82, 2.24) is 9.78 Å². The number of carbonyl (C=O) groups excluding carboxylic acids is 1. The minimum Gasteiger partial charge on any atom is -0.304 e. The van der Waals surface area contributed by atoms with Gasteiger partial charge in [-0.25, -0.2) is 0 Å². The predicted molar refractivity (Wildman–Crippen MR) is 102 cm³/mol. The first-order chi connectivity index (χ1) is 11.9. The molecule has 1 heterocycles. The maximum absolute atomic E-state index is 12.3. The quantitative estimate of drug-likeness (QED) is 0.639. The van der Waals surface area contributed by atoms with Gasteiger partial charge >= 0.3 is 0 Å². The number of aromatic nitrogens is 2. The van der Waals surface area contributed by atoms with Crippen LogP contribution in [0.4, 0.5) is 5.82 Å². The highest BCUT2D eigenvalue weighted by atomic mass is 35.5. The molecule has 4 nitrogen and oxygen atoms in total. The molecule has 1 N–H and O–H groups in total. The number of rotatable bonds is 4. The average molecular weight is 395 g/mol. The van der Waals surface area contributed by atoms with Crippen LogP contribution in [0.15, 0.2) is 48.7 Å². The molecule has 0 atom stereocenters. The largest absolute Gasteiger partial charge is 0.304 e. The lowest BCUT2D eigenvalue weighted by atomic mass is 10.1. The van der Waals surface area contributed by atoms with Gasteiger partial charge in [-0.05, 0) is 36.8 Å². The van der Waals surface area contributed by atoms with Crippen LogP contribution in [0.1, 0.15) is 21.5 Å². The first-order valence-corrected chi connectivity index (χ1v) is 8.60. The number of hydrogen-bond acceptors (Lipinski definition) is 2. The van der Waals surface area contributed by atoms with Gasteiger partial charge in [0.2, 0.25) is 0 Å². The van der Waals surface area contributed by atoms with E-state index in [0.29, 0.717) is 33.0 Å². The van der Waals surface area contributed by atoms with E-state index in [4.69, 9.17) is 34.8 Å². The molecule has 0 spiro atoms. The number of amides is 1. The van der Waals surface area contributed by atoms with Crippen molar-refractivity contribution in [2.45, 2.75) is 13.5 Å². The standard InChI is InChI=1S/C18H14Cl3N3O/c1-11-2-4-12(5-3-11)18(25)22-17-16(21)10-24(23-17)9-13-6-7-14(19)8-15(13)20/h2-8,10H,9H2,1H3,(H,22,23,25). The van der Waals surface area contributed by atoms with E-state index in [1.54, 1.807) is 35.1 Å². The highest BCUT2D eigenvalue weighted by Gasteiger charge is 2.13. The van der Waals surface area contributed by atoms with Crippen LogP contribution in [0, 0.1) is 6.92 Å². The van der Waals surface area contributed by atoms with Crippen molar-refractivity contribution in [1.29, 1.82) is 0 Å². The average Bonchev–Trinajstić information content (AvgIpc) is 2.90. The molecule has 2 aromatic carbocycles. The Morgan fingerprint density at radius 3 is 2.48 bits per heavy atom. The Bertz CT molecular complexity index is 920. The van der Waals surface area contributed by atoms with E-state index < -0.39 is 0 Å². The van der Waals surface area contributed by atoms with Gasteiger partial charge < -0.3 is 5.32 Å². The Hall–Kier alpha value is -2.01. The summed E-state index contributed by atoms with van der Waals surface area (Å²) in [4.78, 5) is 12.3. The van der Waals surface area contributed by atoms with E-state index in [2.05, 4.69) is 10.4 Å². The maximum Gasteiger partial charge on any atom is 0.256 e. The summed E-state index contributed by atoms with van der Waals surface area (Å²) < 4.78 is 1.61. The normalized spacial score (nSPS) is 10.7. The van der Waals surface area contributed by atoms with Gasteiger partial charge in [0.15, 0.2) is 5.82 Å². The molecule has 0 unspecified atom stereocenters. The minimum atomic E-state index is -0.267. The Morgan fingerprint density at radius 2 is 1.80 bits per heavy atom. The number of aryl methyl sites for hydroxylation is 1. The van der Waals surface area contributed by atoms with E-state index in [-0.39, 0.29) is 5.91 Å². The SMILES string of the molecule is Cc1ccc(C(=O)Nc2nn(Cc3ccc(Cl)cc3Cl)cc2Cl)cc1. The molecule has 3 aromatic rings. The molecule has 0 saturated carbocycles. The predicted octanol–water partition coefficient (Wildman–Crippen LogP) is 5.45. The summed E-state index contributed by atoms with van der Waals surface area (Å²) in [5, 5.41) is 8.50. The topological polar surface area (TPSA) is 46.9 Å². The van der Waals surface area contributed by atoms with E-state index >= 15 is 0 Å². The molecule has 0 bridgehead atoms. The molecule has 0 fully saturated rings. The molecule has 0 saturated heterocycles. The third-order valence-corrected chi connectivity index (χ3v) is 4.47. The number of halogens is 3. The first kappa shape index (κ1) is 17.8. The summed E-state index contributed by atoms with van der Waals surface area (Å²) in [5.74, 6) is 0.0361. The van der Waals surface area contributed by atoms with Crippen LogP contribution in [0.2, 0.25) is 15.1 Å².